The third-order valence-electron chi connectivity index (χ3n) is 12.5. The van der Waals surface area contributed by atoms with E-state index < -0.39 is 90.2 Å². The van der Waals surface area contributed by atoms with E-state index in [2.05, 4.69) is 0 Å². The third kappa shape index (κ3) is 17.7. The summed E-state index contributed by atoms with van der Waals surface area (Å²) in [6.45, 7) is 18.0. The van der Waals surface area contributed by atoms with Gasteiger partial charge in [0.2, 0.25) is 0 Å². The molecule has 1 aliphatic heterocycles. The third-order valence-corrected chi connectivity index (χ3v) is 12.5. The van der Waals surface area contributed by atoms with Crippen LogP contribution in [0.1, 0.15) is 127 Å². The van der Waals surface area contributed by atoms with Crippen LogP contribution in [0.2, 0.25) is 0 Å². The highest BCUT2D eigenvalue weighted by Crippen LogP contribution is 2.24. The molecule has 3 rings (SSSR count). The number of hydrogen-bond donors (Lipinski definition) is 0. The molecule has 0 radical (unpaired) electrons. The second kappa shape index (κ2) is 27.6. The van der Waals surface area contributed by atoms with Gasteiger partial charge in [0.25, 0.3) is 17.7 Å². The maximum absolute atomic E-state index is 14.7. The Morgan fingerprint density at radius 1 is 0.465 bits per heavy atom. The first-order valence-corrected chi connectivity index (χ1v) is 24.7. The fourth-order valence-corrected chi connectivity index (χ4v) is 8.52. The van der Waals surface area contributed by atoms with E-state index in [1.807, 2.05) is 55.4 Å². The number of nitrogens with zero attached hydrogens (tertiary/aromatic N) is 4. The smallest absolute Gasteiger partial charge is 0.329 e. The average molecular weight is 991 g/mol. The van der Waals surface area contributed by atoms with E-state index in [1.54, 1.807) is 67.4 Å². The molecule has 0 spiro atoms. The Morgan fingerprint density at radius 3 is 1.13 bits per heavy atom. The van der Waals surface area contributed by atoms with E-state index in [9.17, 15) is 43.2 Å². The number of esters is 4. The van der Waals surface area contributed by atoms with Crippen LogP contribution >= 0.6 is 0 Å². The Hall–Kier alpha value is -5.97. The Kier molecular flexibility index (Phi) is 23.1. The first-order chi connectivity index (χ1) is 33.3. The largest absolute Gasteiger partial charge is 0.460 e. The monoisotopic (exact) mass is 991 g/mol. The lowest BCUT2D eigenvalue weighted by Crippen LogP contribution is -2.54. The number of hydrogen-bond acceptors (Lipinski definition) is 14. The van der Waals surface area contributed by atoms with Crippen molar-refractivity contribution >= 4 is 54.2 Å². The highest BCUT2D eigenvalue weighted by Gasteiger charge is 2.42. The number of benzene rings is 2. The predicted molar refractivity (Wildman–Crippen MR) is 266 cm³/mol. The van der Waals surface area contributed by atoms with Gasteiger partial charge in [-0.25, -0.2) is 14.4 Å². The van der Waals surface area contributed by atoms with Gasteiger partial charge < -0.3 is 33.6 Å². The molecule has 0 bridgehead atoms. The lowest BCUT2D eigenvalue weighted by atomic mass is 9.99. The number of amides is 3. The fourth-order valence-electron chi connectivity index (χ4n) is 8.52. The number of likely N-dealkylation sites (N-methyl/N-ethyl adjacent to an activating group) is 4. The van der Waals surface area contributed by atoms with Crippen molar-refractivity contribution in [3.05, 3.63) is 70.8 Å². The van der Waals surface area contributed by atoms with E-state index in [1.165, 1.54) is 33.0 Å². The summed E-state index contributed by atoms with van der Waals surface area (Å²) in [6.07, 6.45) is -3.54. The minimum absolute atomic E-state index is 0.0386. The van der Waals surface area contributed by atoms with E-state index >= 15 is 0 Å². The molecule has 71 heavy (non-hydrogen) atoms. The molecule has 1 fully saturated rings. The summed E-state index contributed by atoms with van der Waals surface area (Å²) in [4.78, 5) is 129. The number of cyclic esters (lactones) is 4. The number of carbonyl (C=O) groups is 9. The van der Waals surface area contributed by atoms with Crippen molar-refractivity contribution in [3.8, 4) is 0 Å². The first kappa shape index (κ1) is 59.3. The number of rotatable bonds is 14. The van der Waals surface area contributed by atoms with Gasteiger partial charge in [0, 0.05) is 51.7 Å². The molecule has 3 amide bonds. The van der Waals surface area contributed by atoms with Crippen LogP contribution in [-0.2, 0) is 65.4 Å². The van der Waals surface area contributed by atoms with Crippen LogP contribution in [0.15, 0.2) is 48.5 Å². The minimum Gasteiger partial charge on any atom is -0.460 e. The van der Waals surface area contributed by atoms with Gasteiger partial charge >= 0.3 is 23.9 Å². The molecule has 17 nitrogen and oxygen atoms in total. The zero-order valence-corrected chi connectivity index (χ0v) is 44.2. The number of ether oxygens (including phenoxy) is 4. The van der Waals surface area contributed by atoms with Gasteiger partial charge in [0.05, 0.1) is 0 Å². The second-order valence-electron chi connectivity index (χ2n) is 20.7. The maximum Gasteiger partial charge on any atom is 0.329 e. The number of carbonyl (C=O) groups excluding carboxylic acids is 9. The molecule has 0 aliphatic carbocycles. The van der Waals surface area contributed by atoms with Crippen LogP contribution in [0.4, 0.5) is 0 Å². The Morgan fingerprint density at radius 2 is 0.775 bits per heavy atom. The van der Waals surface area contributed by atoms with Crippen molar-refractivity contribution in [1.29, 1.82) is 0 Å². The fraction of sp³-hybridized carbons (Fsp3) is 0.611. The Bertz CT molecular complexity index is 2140. The van der Waals surface area contributed by atoms with Crippen molar-refractivity contribution in [1.82, 2.24) is 19.6 Å². The van der Waals surface area contributed by atoms with Gasteiger partial charge in [0.1, 0.15) is 42.8 Å². The van der Waals surface area contributed by atoms with Crippen LogP contribution < -0.4 is 0 Å². The molecule has 2 aromatic carbocycles. The summed E-state index contributed by atoms with van der Waals surface area (Å²) in [6, 6.07) is 8.20. The Labute approximate surface area is 420 Å². The highest BCUT2D eigenvalue weighted by atomic mass is 16.6. The molecule has 0 N–H and O–H groups in total. The highest BCUT2D eigenvalue weighted by molar-refractivity contribution is 5.93. The summed E-state index contributed by atoms with van der Waals surface area (Å²) in [5.41, 5.74) is 1.89. The number of aldehydes is 2. The van der Waals surface area contributed by atoms with Crippen molar-refractivity contribution in [2.45, 2.75) is 156 Å². The molecule has 0 saturated carbocycles. The van der Waals surface area contributed by atoms with Crippen LogP contribution in [-0.4, -0.2) is 157 Å². The van der Waals surface area contributed by atoms with Gasteiger partial charge in [0.15, 0.2) is 18.3 Å². The normalized spacial score (nSPS) is 24.8. The van der Waals surface area contributed by atoms with Crippen LogP contribution in [0.3, 0.4) is 0 Å². The zero-order valence-electron chi connectivity index (χ0n) is 44.2. The summed E-state index contributed by atoms with van der Waals surface area (Å²) in [5, 5.41) is 0. The van der Waals surface area contributed by atoms with E-state index in [0.29, 0.717) is 34.8 Å². The van der Waals surface area contributed by atoms with Gasteiger partial charge in [-0.15, -0.1) is 0 Å². The molecule has 1 heterocycles. The topological polar surface area (TPSA) is 204 Å². The van der Waals surface area contributed by atoms with Crippen molar-refractivity contribution in [3.63, 3.8) is 0 Å². The van der Waals surface area contributed by atoms with Gasteiger partial charge in [-0.3, -0.25) is 33.7 Å². The van der Waals surface area contributed by atoms with Crippen molar-refractivity contribution in [2.75, 3.05) is 34.7 Å². The average Bonchev–Trinajstić information content (AvgIpc) is 3.31. The maximum atomic E-state index is 14.7. The molecule has 1 aliphatic rings. The summed E-state index contributed by atoms with van der Waals surface area (Å²) >= 11 is 0. The van der Waals surface area contributed by atoms with E-state index in [0.717, 1.165) is 9.80 Å². The molecule has 0 aromatic heterocycles. The molecule has 392 valence electrons. The van der Waals surface area contributed by atoms with Gasteiger partial charge in [-0.2, -0.15) is 0 Å². The minimum atomic E-state index is -1.51. The van der Waals surface area contributed by atoms with Crippen LogP contribution in [0, 0.1) is 23.7 Å². The second-order valence-corrected chi connectivity index (χ2v) is 20.7. The zero-order chi connectivity index (χ0) is 53.4. The standard InChI is InChI=1S/C54H78N4O13/c1-32(2)23-42-51(64)70-46(27-38-15-19-40(30-59)20-16-38)49(62)58(14)44(25-34(5)6)53(66)69-37(10)48(61)56(12)45(26-35(7)8)54(67)71-47(28-39-17-21-41(31-60)22-18-39)50(63)57(13)43(24-33(3)4)52(65)68-36(9)29-55(42)11/h15-22,30-37,42-47H,23-29H2,1-14H3/t36-,37-,42+,43+,44+,45+,46-,47-/m1/s1. The first-order valence-electron chi connectivity index (χ1n) is 24.7. The van der Waals surface area contributed by atoms with Gasteiger partial charge in [-0.05, 0) is 81.4 Å². The SMILES string of the molecule is CC(C)C[C@H]1C(=O)O[C@H](Cc2ccc(C=O)cc2)C(=O)N(C)[C@@H](CC(C)C)C(=O)O[C@H](C)C(=O)N(C)[C@@H](CC(C)C)C(=O)O[C@H](Cc2ccc(C=O)cc2)C(=O)N(C)[C@@H](CC(C)C)C(=O)O[C@H](C)CN1C. The molecular formula is C54H78N4O13. The summed E-state index contributed by atoms with van der Waals surface area (Å²) in [5.74, 6) is -5.99. The lowest BCUT2D eigenvalue weighted by molar-refractivity contribution is -0.174. The predicted octanol–water partition coefficient (Wildman–Crippen LogP) is 5.76. The van der Waals surface area contributed by atoms with Crippen molar-refractivity contribution < 1.29 is 62.1 Å². The quantitative estimate of drug-likeness (QED) is 0.126. The molecule has 0 unspecified atom stereocenters. The lowest BCUT2D eigenvalue weighted by Gasteiger charge is -2.35. The van der Waals surface area contributed by atoms with Crippen molar-refractivity contribution in [2.24, 2.45) is 23.7 Å². The molecular weight excluding hydrogens is 913 g/mol. The summed E-state index contributed by atoms with van der Waals surface area (Å²) in [7, 11) is 5.87. The molecule has 2 aromatic rings. The summed E-state index contributed by atoms with van der Waals surface area (Å²) < 4.78 is 24.1. The van der Waals surface area contributed by atoms with E-state index in [-0.39, 0.29) is 68.7 Å². The Balaban J connectivity index is 2.24. The molecule has 1 saturated heterocycles. The van der Waals surface area contributed by atoms with Crippen LogP contribution in [0.5, 0.6) is 0 Å². The van der Waals surface area contributed by atoms with Gasteiger partial charge in [-0.1, -0.05) is 104 Å². The van der Waals surface area contributed by atoms with Crippen LogP contribution in [0.25, 0.3) is 0 Å². The molecule has 17 heteroatoms. The molecule has 8 atom stereocenters. The van der Waals surface area contributed by atoms with E-state index in [4.69, 9.17) is 18.9 Å².